The van der Waals surface area contributed by atoms with Crippen molar-refractivity contribution in [3.05, 3.63) is 41.6 Å². The van der Waals surface area contributed by atoms with Gasteiger partial charge in [-0.05, 0) is 51.2 Å². The van der Waals surface area contributed by atoms with Gasteiger partial charge in [0.15, 0.2) is 6.29 Å². The van der Waals surface area contributed by atoms with Gasteiger partial charge in [-0.15, -0.1) is 5.23 Å². The Labute approximate surface area is 146 Å². The minimum atomic E-state index is -1.82. The van der Waals surface area contributed by atoms with E-state index in [1.807, 2.05) is 26.0 Å². The second-order valence-corrected chi connectivity index (χ2v) is 11.1. The molecule has 1 saturated heterocycles. The number of methoxy groups -OCH3 is 1. The van der Waals surface area contributed by atoms with Crippen LogP contribution >= 0.6 is 0 Å². The number of hydrogen-bond acceptors (Lipinski definition) is 5. The van der Waals surface area contributed by atoms with Gasteiger partial charge in [0.25, 0.3) is 0 Å². The fraction of sp³-hybridized carbons (Fsp3) is 0.556. The van der Waals surface area contributed by atoms with Crippen LogP contribution in [0.5, 0.6) is 5.75 Å². The molecule has 5 nitrogen and oxygen atoms in total. The van der Waals surface area contributed by atoms with Crippen LogP contribution in [0.2, 0.25) is 19.6 Å². The van der Waals surface area contributed by atoms with E-state index in [0.29, 0.717) is 6.61 Å². The first kappa shape index (κ1) is 19.0. The summed E-state index contributed by atoms with van der Waals surface area (Å²) in [5.41, 5.74) is 2.21. The van der Waals surface area contributed by atoms with Crippen molar-refractivity contribution in [3.8, 4) is 5.75 Å². The summed E-state index contributed by atoms with van der Waals surface area (Å²) in [7, 11) is -0.140. The average molecular weight is 352 g/mol. The molecule has 1 aromatic rings. The fourth-order valence-electron chi connectivity index (χ4n) is 2.71. The lowest BCUT2D eigenvalue weighted by atomic mass is 9.91. The first-order chi connectivity index (χ1) is 11.4. The van der Waals surface area contributed by atoms with Gasteiger partial charge in [-0.1, -0.05) is 18.2 Å². The molecule has 6 heteroatoms. The Morgan fingerprint density at radius 1 is 1.25 bits per heavy atom. The molecule has 0 bridgehead atoms. The molecule has 1 heterocycles. The predicted octanol–water partition coefficient (Wildman–Crippen LogP) is 4.45. The number of benzene rings is 1. The molecule has 1 aliphatic rings. The average Bonchev–Trinajstić information content (AvgIpc) is 2.53. The van der Waals surface area contributed by atoms with Crippen molar-refractivity contribution < 1.29 is 18.8 Å². The Morgan fingerprint density at radius 3 is 2.42 bits per heavy atom. The van der Waals surface area contributed by atoms with Crippen molar-refractivity contribution in [3.63, 3.8) is 0 Å². The van der Waals surface area contributed by atoms with Gasteiger partial charge in [-0.25, -0.2) is 4.84 Å². The Kier molecular flexibility index (Phi) is 6.45. The van der Waals surface area contributed by atoms with E-state index in [4.69, 9.17) is 18.8 Å². The first-order valence-corrected chi connectivity index (χ1v) is 11.9. The Balaban J connectivity index is 2.30. The van der Waals surface area contributed by atoms with Crippen molar-refractivity contribution in [1.82, 2.24) is 5.23 Å². The molecule has 1 aromatic carbocycles. The van der Waals surface area contributed by atoms with E-state index < -0.39 is 8.32 Å². The van der Waals surface area contributed by atoms with Crippen LogP contribution in [0, 0.1) is 0 Å². The van der Waals surface area contributed by atoms with Crippen LogP contribution in [0.1, 0.15) is 31.7 Å². The second kappa shape index (κ2) is 8.16. The van der Waals surface area contributed by atoms with Crippen LogP contribution in [-0.4, -0.2) is 33.6 Å². The normalized spacial score (nSPS) is 23.6. The third kappa shape index (κ3) is 4.83. The highest BCUT2D eigenvalue weighted by atomic mass is 28.4. The molecule has 24 heavy (non-hydrogen) atoms. The van der Waals surface area contributed by atoms with Crippen molar-refractivity contribution in [1.29, 1.82) is 0 Å². The van der Waals surface area contributed by atoms with E-state index in [2.05, 4.69) is 37.8 Å². The molecular weight excluding hydrogens is 322 g/mol. The van der Waals surface area contributed by atoms with Crippen LogP contribution in [0.3, 0.4) is 0 Å². The van der Waals surface area contributed by atoms with Gasteiger partial charge >= 0.3 is 0 Å². The monoisotopic (exact) mass is 351 g/mol. The summed E-state index contributed by atoms with van der Waals surface area (Å²) < 4.78 is 17.1. The number of ether oxygens (including phenoxy) is 2. The zero-order chi connectivity index (χ0) is 17.7. The summed E-state index contributed by atoms with van der Waals surface area (Å²) in [5, 5.41) is 1.59. The Morgan fingerprint density at radius 2 is 1.92 bits per heavy atom. The van der Waals surface area contributed by atoms with Crippen LogP contribution in [0.25, 0.3) is 0 Å². The SMILES string of the molecule is C/C=C1\[C@H](c2ccc(OC)cc2)C[C@@H](OCC)ON1O[Si](C)(C)C. The quantitative estimate of drug-likeness (QED) is 0.708. The van der Waals surface area contributed by atoms with Gasteiger partial charge in [0.05, 0.1) is 12.8 Å². The Bertz CT molecular complexity index is 553. The summed E-state index contributed by atoms with van der Waals surface area (Å²) in [5.74, 6) is 1.01. The molecule has 134 valence electrons. The highest BCUT2D eigenvalue weighted by Crippen LogP contribution is 2.38. The van der Waals surface area contributed by atoms with Crippen molar-refractivity contribution >= 4 is 8.32 Å². The smallest absolute Gasteiger partial charge is 0.223 e. The zero-order valence-electron chi connectivity index (χ0n) is 15.5. The highest BCUT2D eigenvalue weighted by Gasteiger charge is 2.36. The van der Waals surface area contributed by atoms with E-state index in [1.165, 1.54) is 5.56 Å². The molecule has 0 saturated carbocycles. The standard InChI is InChI=1S/C18H29NO4Si/c1-7-17-16(14-9-11-15(20-3)12-10-14)13-18(21-8-2)22-19(17)23-24(4,5)6/h7,9-12,16,18H,8,13H2,1-6H3/b17-7+/t16-,18-/m0/s1. The van der Waals surface area contributed by atoms with Gasteiger partial charge in [0.1, 0.15) is 5.75 Å². The van der Waals surface area contributed by atoms with Crippen molar-refractivity contribution in [2.45, 2.75) is 52.1 Å². The maximum atomic E-state index is 6.13. The molecule has 1 aliphatic heterocycles. The van der Waals surface area contributed by atoms with E-state index >= 15 is 0 Å². The number of nitrogens with zero attached hydrogens (tertiary/aromatic N) is 1. The van der Waals surface area contributed by atoms with E-state index in [9.17, 15) is 0 Å². The van der Waals surface area contributed by atoms with Gasteiger partial charge in [-0.3, -0.25) is 4.53 Å². The van der Waals surface area contributed by atoms with Crippen molar-refractivity contribution in [2.75, 3.05) is 13.7 Å². The Hall–Kier alpha value is -1.34. The molecule has 0 aromatic heterocycles. The van der Waals surface area contributed by atoms with Gasteiger partial charge in [-0.2, -0.15) is 0 Å². The zero-order valence-corrected chi connectivity index (χ0v) is 16.5. The maximum Gasteiger partial charge on any atom is 0.223 e. The van der Waals surface area contributed by atoms with Gasteiger partial charge < -0.3 is 9.47 Å². The number of rotatable bonds is 6. The molecule has 0 amide bonds. The molecule has 0 N–H and O–H groups in total. The van der Waals surface area contributed by atoms with Crippen molar-refractivity contribution in [2.24, 2.45) is 0 Å². The van der Waals surface area contributed by atoms with E-state index in [0.717, 1.165) is 17.9 Å². The summed E-state index contributed by atoms with van der Waals surface area (Å²) in [4.78, 5) is 5.93. The number of allylic oxidation sites excluding steroid dienone is 2. The number of hydroxylamine groups is 2. The molecule has 1 fully saturated rings. The minimum absolute atomic E-state index is 0.155. The highest BCUT2D eigenvalue weighted by molar-refractivity contribution is 6.69. The number of hydrogen-bond donors (Lipinski definition) is 0. The fourth-order valence-corrected chi connectivity index (χ4v) is 3.35. The predicted molar refractivity (Wildman–Crippen MR) is 96.9 cm³/mol. The summed E-state index contributed by atoms with van der Waals surface area (Å²) >= 11 is 0. The lowest BCUT2D eigenvalue weighted by Gasteiger charge is -2.41. The molecular formula is C18H29NO4Si. The lowest BCUT2D eigenvalue weighted by molar-refractivity contribution is -0.385. The van der Waals surface area contributed by atoms with Crippen LogP contribution in [0.4, 0.5) is 0 Å². The molecule has 0 spiro atoms. The van der Waals surface area contributed by atoms with Crippen LogP contribution in [-0.2, 0) is 14.1 Å². The molecule has 0 unspecified atom stereocenters. The van der Waals surface area contributed by atoms with E-state index in [-0.39, 0.29) is 12.2 Å². The van der Waals surface area contributed by atoms with Gasteiger partial charge in [0, 0.05) is 18.9 Å². The maximum absolute atomic E-state index is 6.13. The van der Waals surface area contributed by atoms with E-state index in [1.54, 1.807) is 12.3 Å². The summed E-state index contributed by atoms with van der Waals surface area (Å²) in [6.07, 6.45) is 2.49. The molecule has 2 atom stereocenters. The summed E-state index contributed by atoms with van der Waals surface area (Å²) in [6, 6.07) is 8.15. The second-order valence-electron chi connectivity index (χ2n) is 6.73. The topological polar surface area (TPSA) is 40.2 Å². The largest absolute Gasteiger partial charge is 0.497 e. The molecule has 0 aliphatic carbocycles. The molecule has 2 rings (SSSR count). The van der Waals surface area contributed by atoms with Crippen LogP contribution < -0.4 is 4.74 Å². The van der Waals surface area contributed by atoms with Crippen LogP contribution in [0.15, 0.2) is 36.0 Å². The third-order valence-corrected chi connectivity index (χ3v) is 4.45. The first-order valence-electron chi connectivity index (χ1n) is 8.45. The third-order valence-electron chi connectivity index (χ3n) is 3.73. The lowest BCUT2D eigenvalue weighted by Crippen LogP contribution is -2.45. The van der Waals surface area contributed by atoms with Gasteiger partial charge in [0.2, 0.25) is 8.32 Å². The minimum Gasteiger partial charge on any atom is -0.497 e. The molecule has 0 radical (unpaired) electrons. The summed E-state index contributed by atoms with van der Waals surface area (Å²) in [6.45, 7) is 11.0.